The van der Waals surface area contributed by atoms with Gasteiger partial charge in [0, 0.05) is 19.7 Å². The van der Waals surface area contributed by atoms with Crippen molar-refractivity contribution in [3.63, 3.8) is 0 Å². The molecule has 0 spiro atoms. The van der Waals surface area contributed by atoms with Crippen LogP contribution in [0.2, 0.25) is 0 Å². The summed E-state index contributed by atoms with van der Waals surface area (Å²) in [6.45, 7) is 4.15. The van der Waals surface area contributed by atoms with Crippen molar-refractivity contribution >= 4 is 15.9 Å². The fourth-order valence-corrected chi connectivity index (χ4v) is 5.53. The third-order valence-electron chi connectivity index (χ3n) is 6.40. The molecule has 0 radical (unpaired) electrons. The summed E-state index contributed by atoms with van der Waals surface area (Å²) >= 11 is 0. The summed E-state index contributed by atoms with van der Waals surface area (Å²) < 4.78 is 32.5. The van der Waals surface area contributed by atoms with Gasteiger partial charge in [0.05, 0.1) is 18.4 Å². The molecule has 0 unspecified atom stereocenters. The molecule has 174 valence electrons. The van der Waals surface area contributed by atoms with E-state index in [2.05, 4.69) is 29.0 Å². The Hall–Kier alpha value is -1.48. The quantitative estimate of drug-likeness (QED) is 0.662. The summed E-state index contributed by atoms with van der Waals surface area (Å²) in [6.07, 6.45) is 5.56. The van der Waals surface area contributed by atoms with E-state index in [9.17, 15) is 18.3 Å². The Morgan fingerprint density at radius 1 is 1.16 bits per heavy atom. The Kier molecular flexibility index (Phi) is 7.78. The average Bonchev–Trinajstić information content (AvgIpc) is 2.72. The van der Waals surface area contributed by atoms with Crippen molar-refractivity contribution in [2.75, 3.05) is 26.0 Å². The highest BCUT2D eigenvalue weighted by Crippen LogP contribution is 2.36. The van der Waals surface area contributed by atoms with Crippen LogP contribution < -0.4 is 4.72 Å². The van der Waals surface area contributed by atoms with E-state index in [1.807, 2.05) is 6.07 Å². The normalized spacial score (nSPS) is 27.8. The lowest BCUT2D eigenvalue weighted by Crippen LogP contribution is -2.59. The summed E-state index contributed by atoms with van der Waals surface area (Å²) in [4.78, 5) is 14.1. The lowest BCUT2D eigenvalue weighted by atomic mass is 9.79. The van der Waals surface area contributed by atoms with Crippen molar-refractivity contribution in [1.29, 1.82) is 0 Å². The van der Waals surface area contributed by atoms with Gasteiger partial charge in [-0.25, -0.2) is 13.1 Å². The van der Waals surface area contributed by atoms with Crippen LogP contribution in [0.3, 0.4) is 0 Å². The van der Waals surface area contributed by atoms with Gasteiger partial charge in [0.25, 0.3) is 5.91 Å². The van der Waals surface area contributed by atoms with Crippen molar-refractivity contribution < 1.29 is 23.1 Å². The maximum Gasteiger partial charge on any atom is 0.254 e. The molecule has 1 amide bonds. The Labute approximate surface area is 186 Å². The van der Waals surface area contributed by atoms with E-state index >= 15 is 0 Å². The minimum atomic E-state index is -3.39. The molecule has 7 nitrogen and oxygen atoms in total. The average molecular weight is 453 g/mol. The highest BCUT2D eigenvalue weighted by atomic mass is 32.2. The molecule has 1 aromatic rings. The first-order valence-electron chi connectivity index (χ1n) is 11.2. The van der Waals surface area contributed by atoms with E-state index in [1.165, 1.54) is 19.4 Å². The molecule has 2 fully saturated rings. The molecular weight excluding hydrogens is 416 g/mol. The van der Waals surface area contributed by atoms with Gasteiger partial charge in [0.2, 0.25) is 10.0 Å². The zero-order valence-corrected chi connectivity index (χ0v) is 19.6. The number of aliphatic hydroxyl groups is 1. The first-order chi connectivity index (χ1) is 14.5. The van der Waals surface area contributed by atoms with Crippen molar-refractivity contribution in [2.24, 2.45) is 5.92 Å². The second kappa shape index (κ2) is 9.98. The van der Waals surface area contributed by atoms with Gasteiger partial charge in [-0.1, -0.05) is 30.3 Å². The number of hydrogen-bond donors (Lipinski definition) is 2. The highest BCUT2D eigenvalue weighted by Gasteiger charge is 2.38. The van der Waals surface area contributed by atoms with Crippen LogP contribution in [0.5, 0.6) is 0 Å². The van der Waals surface area contributed by atoms with Gasteiger partial charge < -0.3 is 14.7 Å². The molecule has 1 saturated carbocycles. The van der Waals surface area contributed by atoms with E-state index in [1.54, 1.807) is 4.90 Å². The third-order valence-corrected chi connectivity index (χ3v) is 7.13. The molecule has 0 aromatic heterocycles. The van der Waals surface area contributed by atoms with Crippen LogP contribution in [0.1, 0.15) is 57.4 Å². The van der Waals surface area contributed by atoms with Gasteiger partial charge in [0.1, 0.15) is 5.60 Å². The van der Waals surface area contributed by atoms with Crippen LogP contribution in [0.4, 0.5) is 0 Å². The number of nitrogens with one attached hydrogen (secondary N) is 1. The predicted molar refractivity (Wildman–Crippen MR) is 120 cm³/mol. The predicted octanol–water partition coefficient (Wildman–Crippen LogP) is 2.27. The molecule has 1 saturated heterocycles. The molecule has 8 heteroatoms. The number of carbonyl (C=O) groups excluding carboxylic acids is 1. The number of ether oxygens (including phenoxy) is 1. The van der Waals surface area contributed by atoms with Gasteiger partial charge in [-0.15, -0.1) is 0 Å². The fraction of sp³-hybridized carbons (Fsp3) is 0.696. The van der Waals surface area contributed by atoms with E-state index in [0.29, 0.717) is 31.4 Å². The number of likely N-dealkylation sites (tertiary alicyclic amines) is 1. The van der Waals surface area contributed by atoms with Crippen LogP contribution >= 0.6 is 0 Å². The zero-order valence-electron chi connectivity index (χ0n) is 18.8. The molecule has 0 bridgehead atoms. The minimum Gasteiger partial charge on any atom is -0.381 e. The van der Waals surface area contributed by atoms with E-state index in [4.69, 9.17) is 4.74 Å². The van der Waals surface area contributed by atoms with Crippen LogP contribution in [0.15, 0.2) is 30.3 Å². The van der Waals surface area contributed by atoms with E-state index < -0.39 is 21.7 Å². The van der Waals surface area contributed by atoms with Gasteiger partial charge >= 0.3 is 0 Å². The Balaban J connectivity index is 1.57. The summed E-state index contributed by atoms with van der Waals surface area (Å²) in [7, 11) is -3.39. The molecule has 31 heavy (non-hydrogen) atoms. The lowest BCUT2D eigenvalue weighted by Gasteiger charge is -2.41. The smallest absolute Gasteiger partial charge is 0.254 e. The molecule has 1 aromatic carbocycles. The number of amides is 1. The van der Waals surface area contributed by atoms with Crippen molar-refractivity contribution in [1.82, 2.24) is 9.62 Å². The second-order valence-electron chi connectivity index (χ2n) is 9.60. The Bertz CT molecular complexity index is 829. The molecule has 2 aliphatic rings. The van der Waals surface area contributed by atoms with E-state index in [-0.39, 0.29) is 18.5 Å². The first kappa shape index (κ1) is 24.2. The summed E-state index contributed by atoms with van der Waals surface area (Å²) in [6, 6.07) is 10.2. The van der Waals surface area contributed by atoms with Crippen LogP contribution in [0, 0.1) is 5.92 Å². The number of nitrogens with zero attached hydrogens (tertiary/aromatic N) is 1. The Morgan fingerprint density at radius 3 is 2.39 bits per heavy atom. The number of hydrogen-bond acceptors (Lipinski definition) is 5. The molecule has 1 aliphatic carbocycles. The molecule has 3 rings (SSSR count). The van der Waals surface area contributed by atoms with E-state index in [0.717, 1.165) is 31.9 Å². The van der Waals surface area contributed by atoms with Gasteiger partial charge in [-0.2, -0.15) is 0 Å². The Morgan fingerprint density at radius 2 is 1.81 bits per heavy atom. The summed E-state index contributed by atoms with van der Waals surface area (Å²) in [5.41, 5.74) is -0.0652. The SMILES string of the molecule is CC(C)(O)C(=O)N1CC[C@H](NS(C)(=O)=O)[C@H](OCC2CCC(c3ccccc3)CC2)C1. The van der Waals surface area contributed by atoms with Gasteiger partial charge in [-0.3, -0.25) is 4.79 Å². The lowest BCUT2D eigenvalue weighted by molar-refractivity contribution is -0.153. The van der Waals surface area contributed by atoms with Crippen LogP contribution in [0.25, 0.3) is 0 Å². The number of sulfonamides is 1. The third kappa shape index (κ3) is 7.00. The molecule has 1 heterocycles. The monoisotopic (exact) mass is 452 g/mol. The molecule has 2 N–H and O–H groups in total. The number of rotatable bonds is 7. The van der Waals surface area contributed by atoms with Gasteiger partial charge in [0.15, 0.2) is 0 Å². The molecular formula is C23H36N2O5S. The van der Waals surface area contributed by atoms with Crippen molar-refractivity contribution in [2.45, 2.75) is 69.6 Å². The van der Waals surface area contributed by atoms with Crippen LogP contribution in [-0.2, 0) is 19.6 Å². The van der Waals surface area contributed by atoms with Crippen LogP contribution in [-0.4, -0.2) is 68.0 Å². The molecule has 1 aliphatic heterocycles. The van der Waals surface area contributed by atoms with Crippen molar-refractivity contribution in [3.8, 4) is 0 Å². The first-order valence-corrected chi connectivity index (χ1v) is 13.1. The fourth-order valence-electron chi connectivity index (χ4n) is 4.71. The summed E-state index contributed by atoms with van der Waals surface area (Å²) in [5.74, 6) is 0.660. The standard InChI is InChI=1S/C23H36N2O5S/c1-23(2,27)22(26)25-14-13-20(24-31(3,28)29)21(15-25)30-16-17-9-11-19(12-10-17)18-7-5-4-6-8-18/h4-8,17,19-21,24,27H,9-16H2,1-3H3/t17?,19?,20-,21+/m0/s1. The highest BCUT2D eigenvalue weighted by molar-refractivity contribution is 7.88. The zero-order chi connectivity index (χ0) is 22.6. The number of carbonyl (C=O) groups is 1. The minimum absolute atomic E-state index is 0.273. The largest absolute Gasteiger partial charge is 0.381 e. The number of benzene rings is 1. The van der Waals surface area contributed by atoms with Gasteiger partial charge in [-0.05, 0) is 63.4 Å². The number of piperidine rings is 1. The van der Waals surface area contributed by atoms with Crippen molar-refractivity contribution in [3.05, 3.63) is 35.9 Å². The molecule has 2 atom stereocenters. The maximum absolute atomic E-state index is 12.5. The summed E-state index contributed by atoms with van der Waals surface area (Å²) in [5, 5.41) is 10.1. The second-order valence-corrected chi connectivity index (χ2v) is 11.4. The topological polar surface area (TPSA) is 95.9 Å². The maximum atomic E-state index is 12.5.